The van der Waals surface area contributed by atoms with E-state index < -0.39 is 4.92 Å². The first-order chi connectivity index (χ1) is 7.27. The number of hydrogen-bond acceptors (Lipinski definition) is 5. The Morgan fingerprint density at radius 1 is 1.38 bits per heavy atom. The summed E-state index contributed by atoms with van der Waals surface area (Å²) in [5.41, 5.74) is 0.946. The van der Waals surface area contributed by atoms with E-state index in [1.165, 1.54) is 6.07 Å². The summed E-state index contributed by atoms with van der Waals surface area (Å²) in [4.78, 5) is 15.9. The van der Waals surface area contributed by atoms with Crippen molar-refractivity contribution in [1.82, 2.24) is 10.3 Å². The monoisotopic (exact) mass is 224 g/mol. The molecule has 1 aliphatic heterocycles. The van der Waals surface area contributed by atoms with Crippen molar-refractivity contribution in [3.8, 4) is 0 Å². The summed E-state index contributed by atoms with van der Waals surface area (Å²) in [5.74, 6) is -0.103. The van der Waals surface area contributed by atoms with Gasteiger partial charge in [-0.05, 0) is 16.0 Å². The molecule has 0 aromatic carbocycles. The number of aromatic nitrogens is 1. The summed E-state index contributed by atoms with van der Waals surface area (Å²) >= 11 is 0. The Morgan fingerprint density at radius 3 is 2.56 bits per heavy atom. The minimum Gasteiger partial charge on any atom is -0.366 e. The van der Waals surface area contributed by atoms with E-state index in [1.807, 2.05) is 0 Å². The topological polar surface area (TPSA) is 71.3 Å². The summed E-state index contributed by atoms with van der Waals surface area (Å²) in [7, 11) is 0. The molecular weight excluding hydrogens is 208 g/mol. The highest BCUT2D eigenvalue weighted by molar-refractivity contribution is 5.46. The molecule has 6 nitrogen and oxygen atoms in total. The van der Waals surface area contributed by atoms with Crippen LogP contribution in [-0.2, 0) is 0 Å². The average Bonchev–Trinajstić information content (AvgIpc) is 2.30. The van der Waals surface area contributed by atoms with Gasteiger partial charge in [-0.1, -0.05) is 7.43 Å². The van der Waals surface area contributed by atoms with Gasteiger partial charge in [0.1, 0.15) is 0 Å². The van der Waals surface area contributed by atoms with Crippen LogP contribution in [0.5, 0.6) is 0 Å². The highest BCUT2D eigenvalue weighted by Crippen LogP contribution is 2.16. The number of anilines is 1. The first kappa shape index (κ1) is 12.4. The van der Waals surface area contributed by atoms with Crippen molar-refractivity contribution in [2.75, 3.05) is 31.1 Å². The largest absolute Gasteiger partial charge is 0.366 e. The molecule has 0 radical (unpaired) electrons. The molecule has 0 spiro atoms. The molecule has 2 rings (SSSR count). The third-order valence-corrected chi connectivity index (χ3v) is 2.40. The number of pyridine rings is 1. The average molecular weight is 224 g/mol. The van der Waals surface area contributed by atoms with Crippen molar-refractivity contribution < 1.29 is 4.92 Å². The lowest BCUT2D eigenvalue weighted by molar-refractivity contribution is -0.389. The first-order valence-electron chi connectivity index (χ1n) is 4.83. The van der Waals surface area contributed by atoms with Gasteiger partial charge in [-0.3, -0.25) is 0 Å². The van der Waals surface area contributed by atoms with Crippen LogP contribution < -0.4 is 10.2 Å². The molecule has 0 atom stereocenters. The lowest BCUT2D eigenvalue weighted by atomic mass is 10.3. The van der Waals surface area contributed by atoms with Gasteiger partial charge in [-0.2, -0.15) is 0 Å². The smallest absolute Gasteiger partial charge is 0.363 e. The fraction of sp³-hybridized carbons (Fsp3) is 0.500. The third-order valence-electron chi connectivity index (χ3n) is 2.40. The second-order valence-corrected chi connectivity index (χ2v) is 3.37. The lowest BCUT2D eigenvalue weighted by Crippen LogP contribution is -2.43. The van der Waals surface area contributed by atoms with E-state index >= 15 is 0 Å². The van der Waals surface area contributed by atoms with E-state index in [-0.39, 0.29) is 13.2 Å². The Hall–Kier alpha value is -1.69. The van der Waals surface area contributed by atoms with Crippen LogP contribution in [0, 0.1) is 10.1 Å². The fourth-order valence-corrected chi connectivity index (χ4v) is 1.60. The minimum absolute atomic E-state index is 0. The molecule has 0 saturated carbocycles. The van der Waals surface area contributed by atoms with Crippen molar-refractivity contribution in [3.63, 3.8) is 0 Å². The molecule has 1 aliphatic rings. The van der Waals surface area contributed by atoms with Crippen molar-refractivity contribution in [1.29, 1.82) is 0 Å². The molecule has 6 heteroatoms. The standard InChI is InChI=1S/C9H12N4O2.CH4/c14-13(15)9-2-1-8(7-11-9)12-5-3-10-4-6-12;/h1-2,7,10H,3-6H2;1H4. The SMILES string of the molecule is C.O=[N+]([O-])c1ccc(N2CCNCC2)cn1. The summed E-state index contributed by atoms with van der Waals surface area (Å²) in [6.07, 6.45) is 1.56. The van der Waals surface area contributed by atoms with Gasteiger partial charge >= 0.3 is 5.82 Å². The van der Waals surface area contributed by atoms with E-state index in [4.69, 9.17) is 0 Å². The first-order valence-corrected chi connectivity index (χ1v) is 4.83. The molecule has 0 unspecified atom stereocenters. The van der Waals surface area contributed by atoms with Gasteiger partial charge < -0.3 is 20.3 Å². The predicted octanol–water partition coefficient (Wildman–Crippen LogP) is 1.04. The van der Waals surface area contributed by atoms with Crippen molar-refractivity contribution >= 4 is 11.5 Å². The summed E-state index contributed by atoms with van der Waals surface area (Å²) < 4.78 is 0. The second-order valence-electron chi connectivity index (χ2n) is 3.37. The molecule has 0 aliphatic carbocycles. The van der Waals surface area contributed by atoms with E-state index in [2.05, 4.69) is 15.2 Å². The number of piperazine rings is 1. The highest BCUT2D eigenvalue weighted by Gasteiger charge is 2.13. The second kappa shape index (κ2) is 5.41. The summed E-state index contributed by atoms with van der Waals surface area (Å²) in [6, 6.07) is 3.19. The van der Waals surface area contributed by atoms with Crippen molar-refractivity contribution in [2.45, 2.75) is 7.43 Å². The van der Waals surface area contributed by atoms with Crippen molar-refractivity contribution in [2.24, 2.45) is 0 Å². The Labute approximate surface area is 94.4 Å². The van der Waals surface area contributed by atoms with Gasteiger partial charge in [0.2, 0.25) is 0 Å². The number of hydrogen-bond donors (Lipinski definition) is 1. The quantitative estimate of drug-likeness (QED) is 0.600. The molecule has 16 heavy (non-hydrogen) atoms. The molecule has 88 valence electrons. The van der Waals surface area contributed by atoms with E-state index in [0.717, 1.165) is 31.9 Å². The number of nitro groups is 1. The Balaban J connectivity index is 0.00000128. The van der Waals surface area contributed by atoms with Crippen LogP contribution in [-0.4, -0.2) is 36.1 Å². The van der Waals surface area contributed by atoms with E-state index in [9.17, 15) is 10.1 Å². The summed E-state index contributed by atoms with van der Waals surface area (Å²) in [6.45, 7) is 3.72. The molecule has 1 aromatic heterocycles. The van der Waals surface area contributed by atoms with E-state index in [0.29, 0.717) is 0 Å². The summed E-state index contributed by atoms with van der Waals surface area (Å²) in [5, 5.41) is 13.7. The van der Waals surface area contributed by atoms with Crippen LogP contribution in [0.4, 0.5) is 11.5 Å². The molecule has 0 amide bonds. The van der Waals surface area contributed by atoms with Gasteiger partial charge in [0.05, 0.1) is 5.69 Å². The van der Waals surface area contributed by atoms with Crippen LogP contribution in [0.1, 0.15) is 7.43 Å². The van der Waals surface area contributed by atoms with E-state index in [1.54, 1.807) is 12.3 Å². The van der Waals surface area contributed by atoms with Crippen LogP contribution in [0.2, 0.25) is 0 Å². The van der Waals surface area contributed by atoms with Gasteiger partial charge in [0.25, 0.3) is 0 Å². The third kappa shape index (κ3) is 2.66. The Bertz CT molecular complexity index is 346. The number of nitrogens with zero attached hydrogens (tertiary/aromatic N) is 3. The molecule has 1 saturated heterocycles. The molecule has 1 N–H and O–H groups in total. The van der Waals surface area contributed by atoms with Crippen LogP contribution >= 0.6 is 0 Å². The maximum atomic E-state index is 10.4. The van der Waals surface area contributed by atoms with Gasteiger partial charge in [0.15, 0.2) is 6.20 Å². The molecule has 1 aromatic rings. The molecular formula is C10H16N4O2. The van der Waals surface area contributed by atoms with Crippen LogP contribution in [0.25, 0.3) is 0 Å². The predicted molar refractivity (Wildman–Crippen MR) is 62.7 cm³/mol. The Morgan fingerprint density at radius 2 is 2.06 bits per heavy atom. The molecule has 0 bridgehead atoms. The van der Waals surface area contributed by atoms with Crippen molar-refractivity contribution in [3.05, 3.63) is 28.4 Å². The number of rotatable bonds is 2. The zero-order valence-electron chi connectivity index (χ0n) is 8.22. The van der Waals surface area contributed by atoms with Crippen LogP contribution in [0.3, 0.4) is 0 Å². The maximum absolute atomic E-state index is 10.4. The minimum atomic E-state index is -0.485. The maximum Gasteiger partial charge on any atom is 0.363 e. The molecule has 2 heterocycles. The van der Waals surface area contributed by atoms with Crippen LogP contribution in [0.15, 0.2) is 18.3 Å². The Kier molecular flexibility index (Phi) is 4.19. The fourth-order valence-electron chi connectivity index (χ4n) is 1.60. The zero-order valence-corrected chi connectivity index (χ0v) is 8.22. The normalized spacial score (nSPS) is 15.4. The number of nitrogens with one attached hydrogen (secondary N) is 1. The van der Waals surface area contributed by atoms with Gasteiger partial charge in [0, 0.05) is 32.2 Å². The van der Waals surface area contributed by atoms with Gasteiger partial charge in [-0.15, -0.1) is 0 Å². The highest BCUT2D eigenvalue weighted by atomic mass is 16.6. The molecule has 1 fully saturated rings. The zero-order chi connectivity index (χ0) is 10.7. The lowest BCUT2D eigenvalue weighted by Gasteiger charge is -2.28. The van der Waals surface area contributed by atoms with Gasteiger partial charge in [-0.25, -0.2) is 0 Å².